The molecule has 0 bridgehead atoms. The number of aromatic amines is 1. The minimum atomic E-state index is 0.191. The molecule has 4 heterocycles. The zero-order valence-electron chi connectivity index (χ0n) is 17.5. The summed E-state index contributed by atoms with van der Waals surface area (Å²) < 4.78 is 2.08. The van der Waals surface area contributed by atoms with Crippen molar-refractivity contribution in [3.63, 3.8) is 0 Å². The van der Waals surface area contributed by atoms with Crippen LogP contribution in [0.15, 0.2) is 29.8 Å². The monoisotopic (exact) mass is 424 g/mol. The number of thioether (sulfide) groups is 1. The number of nitrogens with zero attached hydrogens (tertiary/aromatic N) is 6. The van der Waals surface area contributed by atoms with Gasteiger partial charge >= 0.3 is 0 Å². The molecule has 2 N–H and O–H groups in total. The second kappa shape index (κ2) is 8.39. The van der Waals surface area contributed by atoms with E-state index in [0.717, 1.165) is 54.0 Å². The maximum Gasteiger partial charge on any atom is 0.180 e. The molecule has 9 heteroatoms. The standard InChI is InChI=1S/C21H28N8S/c1-3-6-28(12-15-4-5-15)13-19-22-10-18(30-19)27-20-21-23-9-17(16-7-24-25-8-16)29(21)11-14(2)26-20/h7-9,11,15,18H,3-6,10,12-13H2,1-2H3,(H,24,25)(H,26,27). The van der Waals surface area contributed by atoms with Crippen molar-refractivity contribution in [2.45, 2.75) is 38.5 Å². The van der Waals surface area contributed by atoms with E-state index in [1.54, 1.807) is 0 Å². The predicted molar refractivity (Wildman–Crippen MR) is 122 cm³/mol. The molecule has 8 nitrogen and oxygen atoms in total. The molecule has 1 unspecified atom stereocenters. The van der Waals surface area contributed by atoms with Gasteiger partial charge in [-0.25, -0.2) is 9.97 Å². The Kier molecular flexibility index (Phi) is 5.47. The summed E-state index contributed by atoms with van der Waals surface area (Å²) >= 11 is 1.83. The molecule has 1 aliphatic heterocycles. The van der Waals surface area contributed by atoms with E-state index in [4.69, 9.17) is 9.98 Å². The minimum Gasteiger partial charge on any atom is -0.353 e. The fourth-order valence-electron chi connectivity index (χ4n) is 3.96. The Morgan fingerprint density at radius 2 is 2.23 bits per heavy atom. The van der Waals surface area contributed by atoms with Gasteiger partial charge in [-0.3, -0.25) is 19.4 Å². The first-order valence-corrected chi connectivity index (χ1v) is 11.6. The molecule has 1 atom stereocenters. The summed E-state index contributed by atoms with van der Waals surface area (Å²) in [5.74, 6) is 1.72. The van der Waals surface area contributed by atoms with E-state index in [0.29, 0.717) is 0 Å². The second-order valence-corrected chi connectivity index (χ2v) is 9.49. The van der Waals surface area contributed by atoms with Crippen LogP contribution in [0, 0.1) is 12.8 Å². The van der Waals surface area contributed by atoms with Crippen LogP contribution in [0.4, 0.5) is 5.82 Å². The molecule has 0 amide bonds. The van der Waals surface area contributed by atoms with Crippen molar-refractivity contribution >= 4 is 28.3 Å². The highest BCUT2D eigenvalue weighted by Crippen LogP contribution is 2.31. The lowest BCUT2D eigenvalue weighted by Gasteiger charge is -2.21. The van der Waals surface area contributed by atoms with Crippen molar-refractivity contribution in [1.29, 1.82) is 0 Å². The van der Waals surface area contributed by atoms with Gasteiger partial charge in [0.15, 0.2) is 11.5 Å². The number of hydrogen-bond donors (Lipinski definition) is 2. The highest BCUT2D eigenvalue weighted by Gasteiger charge is 2.27. The largest absolute Gasteiger partial charge is 0.353 e. The molecule has 0 radical (unpaired) electrons. The van der Waals surface area contributed by atoms with E-state index in [9.17, 15) is 0 Å². The van der Waals surface area contributed by atoms with E-state index < -0.39 is 0 Å². The zero-order chi connectivity index (χ0) is 20.5. The first-order chi connectivity index (χ1) is 14.7. The average molecular weight is 425 g/mol. The summed E-state index contributed by atoms with van der Waals surface area (Å²) in [6.07, 6.45) is 11.5. The van der Waals surface area contributed by atoms with Crippen molar-refractivity contribution in [1.82, 2.24) is 29.5 Å². The Labute approximate surface area is 180 Å². The number of anilines is 1. The number of imidazole rings is 1. The summed E-state index contributed by atoms with van der Waals surface area (Å²) in [4.78, 5) is 16.8. The van der Waals surface area contributed by atoms with Gasteiger partial charge in [-0.15, -0.1) is 0 Å². The lowest BCUT2D eigenvalue weighted by Crippen LogP contribution is -2.31. The highest BCUT2D eigenvalue weighted by atomic mass is 32.2. The fraction of sp³-hybridized carbons (Fsp3) is 0.524. The maximum atomic E-state index is 4.82. The first kappa shape index (κ1) is 19.6. The van der Waals surface area contributed by atoms with Crippen LogP contribution < -0.4 is 5.32 Å². The Bertz CT molecular complexity index is 1040. The van der Waals surface area contributed by atoms with Gasteiger partial charge in [-0.05, 0) is 38.6 Å². The quantitative estimate of drug-likeness (QED) is 0.547. The molecule has 1 aliphatic carbocycles. The average Bonchev–Trinajstić information content (AvgIpc) is 3.12. The van der Waals surface area contributed by atoms with Gasteiger partial charge in [-0.2, -0.15) is 5.10 Å². The fourth-order valence-corrected chi connectivity index (χ4v) is 5.01. The predicted octanol–water partition coefficient (Wildman–Crippen LogP) is 3.43. The Morgan fingerprint density at radius 3 is 3.00 bits per heavy atom. The Balaban J connectivity index is 1.28. The maximum absolute atomic E-state index is 4.82. The van der Waals surface area contributed by atoms with Gasteiger partial charge in [0.2, 0.25) is 0 Å². The molecule has 30 heavy (non-hydrogen) atoms. The van der Waals surface area contributed by atoms with Gasteiger partial charge in [0.1, 0.15) is 0 Å². The van der Waals surface area contributed by atoms with Gasteiger partial charge in [0, 0.05) is 31.0 Å². The molecule has 0 aromatic carbocycles. The van der Waals surface area contributed by atoms with Crippen molar-refractivity contribution in [3.8, 4) is 11.3 Å². The molecule has 3 aromatic rings. The van der Waals surface area contributed by atoms with Gasteiger partial charge in [0.05, 0.1) is 40.7 Å². The molecule has 5 rings (SSSR count). The van der Waals surface area contributed by atoms with E-state index in [-0.39, 0.29) is 5.37 Å². The minimum absolute atomic E-state index is 0.191. The molecule has 3 aromatic heterocycles. The van der Waals surface area contributed by atoms with Gasteiger partial charge in [0.25, 0.3) is 0 Å². The Hall–Kier alpha value is -2.39. The summed E-state index contributed by atoms with van der Waals surface area (Å²) in [5.41, 5.74) is 3.77. The number of aliphatic imine (C=N–C) groups is 1. The number of aromatic nitrogens is 5. The molecular formula is C21H28N8S. The number of aryl methyl sites for hydroxylation is 1. The smallest absolute Gasteiger partial charge is 0.180 e. The van der Waals surface area contributed by atoms with Crippen LogP contribution in [0.3, 0.4) is 0 Å². The van der Waals surface area contributed by atoms with Crippen molar-refractivity contribution < 1.29 is 0 Å². The summed E-state index contributed by atoms with van der Waals surface area (Å²) in [5, 5.41) is 11.9. The Morgan fingerprint density at radius 1 is 1.33 bits per heavy atom. The van der Waals surface area contributed by atoms with E-state index >= 15 is 0 Å². The van der Waals surface area contributed by atoms with Crippen molar-refractivity contribution in [3.05, 3.63) is 30.5 Å². The van der Waals surface area contributed by atoms with Crippen LogP contribution in [0.25, 0.3) is 16.9 Å². The molecule has 158 valence electrons. The molecular weight excluding hydrogens is 396 g/mol. The summed E-state index contributed by atoms with van der Waals surface area (Å²) in [6, 6.07) is 0. The number of nitrogens with one attached hydrogen (secondary N) is 2. The van der Waals surface area contributed by atoms with E-state index in [2.05, 4.69) is 36.7 Å². The third-order valence-corrected chi connectivity index (χ3v) is 6.61. The SMILES string of the molecule is CCCN(CC1=NCC(Nc2nc(C)cn3c(-c4cn[nH]c4)cnc23)S1)CC1CC1. The van der Waals surface area contributed by atoms with Crippen LogP contribution in [0.1, 0.15) is 31.9 Å². The van der Waals surface area contributed by atoms with E-state index in [1.165, 1.54) is 30.9 Å². The summed E-state index contributed by atoms with van der Waals surface area (Å²) in [6.45, 7) is 8.37. The number of H-pyrrole nitrogens is 1. The topological polar surface area (TPSA) is 86.5 Å². The lowest BCUT2D eigenvalue weighted by molar-refractivity contribution is 0.300. The summed E-state index contributed by atoms with van der Waals surface area (Å²) in [7, 11) is 0. The third-order valence-electron chi connectivity index (χ3n) is 5.53. The molecule has 0 spiro atoms. The number of rotatable bonds is 9. The number of fused-ring (bicyclic) bond motifs is 1. The molecule has 1 fully saturated rings. The van der Waals surface area contributed by atoms with Gasteiger partial charge in [-0.1, -0.05) is 18.7 Å². The van der Waals surface area contributed by atoms with Crippen LogP contribution in [0.5, 0.6) is 0 Å². The zero-order valence-corrected chi connectivity index (χ0v) is 18.3. The molecule has 2 aliphatic rings. The van der Waals surface area contributed by atoms with Crippen molar-refractivity contribution in [2.24, 2.45) is 10.9 Å². The number of hydrogen-bond acceptors (Lipinski definition) is 7. The molecule has 1 saturated carbocycles. The van der Waals surface area contributed by atoms with Gasteiger partial charge < -0.3 is 5.32 Å². The lowest BCUT2D eigenvalue weighted by atomic mass is 10.3. The normalized spacial score (nSPS) is 19.0. The second-order valence-electron chi connectivity index (χ2n) is 8.22. The highest BCUT2D eigenvalue weighted by molar-refractivity contribution is 8.14. The van der Waals surface area contributed by atoms with E-state index in [1.807, 2.05) is 43.5 Å². The first-order valence-electron chi connectivity index (χ1n) is 10.7. The van der Waals surface area contributed by atoms with Crippen LogP contribution in [-0.4, -0.2) is 66.1 Å². The van der Waals surface area contributed by atoms with Crippen LogP contribution in [0.2, 0.25) is 0 Å². The van der Waals surface area contributed by atoms with Crippen LogP contribution in [-0.2, 0) is 0 Å². The molecule has 0 saturated heterocycles. The third kappa shape index (κ3) is 4.22. The van der Waals surface area contributed by atoms with Crippen molar-refractivity contribution in [2.75, 3.05) is 31.5 Å². The van der Waals surface area contributed by atoms with Crippen LogP contribution >= 0.6 is 11.8 Å².